The van der Waals surface area contributed by atoms with E-state index in [1.54, 1.807) is 0 Å². The van der Waals surface area contributed by atoms with E-state index in [4.69, 9.17) is 15.2 Å². The van der Waals surface area contributed by atoms with Crippen molar-refractivity contribution in [2.45, 2.75) is 31.9 Å². The van der Waals surface area contributed by atoms with Crippen molar-refractivity contribution < 1.29 is 13.7 Å². The summed E-state index contributed by atoms with van der Waals surface area (Å²) in [7, 11) is -0.930. The Morgan fingerprint density at radius 3 is 2.80 bits per heavy atom. The van der Waals surface area contributed by atoms with E-state index in [0.29, 0.717) is 18.1 Å². The molecule has 0 aliphatic carbocycles. The molecule has 20 heavy (non-hydrogen) atoms. The second kappa shape index (κ2) is 7.76. The Hall–Kier alpha value is -0.910. The zero-order valence-corrected chi connectivity index (χ0v) is 12.7. The van der Waals surface area contributed by atoms with Crippen molar-refractivity contribution in [3.05, 3.63) is 29.8 Å². The predicted molar refractivity (Wildman–Crippen MR) is 81.4 cm³/mol. The molecule has 4 nitrogen and oxygen atoms in total. The molecule has 1 fully saturated rings. The van der Waals surface area contributed by atoms with E-state index in [1.807, 2.05) is 31.2 Å². The van der Waals surface area contributed by atoms with Crippen LogP contribution >= 0.6 is 0 Å². The second-order valence-electron chi connectivity index (χ2n) is 5.02. The van der Waals surface area contributed by atoms with Crippen LogP contribution in [0.5, 0.6) is 5.75 Å². The van der Waals surface area contributed by atoms with Crippen LogP contribution in [0.4, 0.5) is 0 Å². The first-order valence-corrected chi connectivity index (χ1v) is 8.62. The van der Waals surface area contributed by atoms with Gasteiger partial charge in [0.05, 0.1) is 12.7 Å². The lowest BCUT2D eigenvalue weighted by molar-refractivity contribution is 0.128. The SMILES string of the molecule is CCOc1ccc(C(N)CS(=O)CC2CCCO2)cc1. The van der Waals surface area contributed by atoms with E-state index in [-0.39, 0.29) is 12.1 Å². The van der Waals surface area contributed by atoms with Crippen molar-refractivity contribution in [1.29, 1.82) is 0 Å². The predicted octanol–water partition coefficient (Wildman–Crippen LogP) is 2.01. The lowest BCUT2D eigenvalue weighted by atomic mass is 10.1. The van der Waals surface area contributed by atoms with Crippen LogP contribution in [0, 0.1) is 0 Å². The van der Waals surface area contributed by atoms with Crippen molar-refractivity contribution in [3.63, 3.8) is 0 Å². The summed E-state index contributed by atoms with van der Waals surface area (Å²) in [5.74, 6) is 1.92. The smallest absolute Gasteiger partial charge is 0.119 e. The Morgan fingerprint density at radius 1 is 1.45 bits per heavy atom. The van der Waals surface area contributed by atoms with E-state index in [1.165, 1.54) is 0 Å². The summed E-state index contributed by atoms with van der Waals surface area (Å²) < 4.78 is 23.0. The topological polar surface area (TPSA) is 61.5 Å². The van der Waals surface area contributed by atoms with Gasteiger partial charge in [-0.15, -0.1) is 0 Å². The molecule has 1 aromatic rings. The highest BCUT2D eigenvalue weighted by Gasteiger charge is 2.20. The van der Waals surface area contributed by atoms with E-state index in [0.717, 1.165) is 30.8 Å². The molecule has 0 radical (unpaired) electrons. The molecule has 2 N–H and O–H groups in total. The molecule has 0 aromatic heterocycles. The van der Waals surface area contributed by atoms with Crippen LogP contribution in [0.1, 0.15) is 31.4 Å². The van der Waals surface area contributed by atoms with E-state index in [9.17, 15) is 4.21 Å². The summed E-state index contributed by atoms with van der Waals surface area (Å²) in [6.45, 7) is 3.40. The van der Waals surface area contributed by atoms with Crippen LogP contribution < -0.4 is 10.5 Å². The first-order valence-electron chi connectivity index (χ1n) is 7.14. The number of ether oxygens (including phenoxy) is 2. The standard InChI is InChI=1S/C15H23NO3S/c1-2-18-13-7-5-12(6-8-13)15(16)11-20(17)10-14-4-3-9-19-14/h5-8,14-15H,2-4,9-11,16H2,1H3. The molecule has 0 spiro atoms. The molecule has 1 heterocycles. The first kappa shape index (κ1) is 15.5. The van der Waals surface area contributed by atoms with Crippen molar-refractivity contribution in [2.75, 3.05) is 24.7 Å². The van der Waals surface area contributed by atoms with Crippen molar-refractivity contribution in [2.24, 2.45) is 5.73 Å². The highest BCUT2D eigenvalue weighted by atomic mass is 32.2. The molecule has 1 aliphatic heterocycles. The summed E-state index contributed by atoms with van der Waals surface area (Å²) in [6, 6.07) is 7.49. The van der Waals surface area contributed by atoms with Gasteiger partial charge in [-0.1, -0.05) is 12.1 Å². The largest absolute Gasteiger partial charge is 0.494 e. The third-order valence-corrected chi connectivity index (χ3v) is 4.85. The van der Waals surface area contributed by atoms with Crippen LogP contribution in [0.3, 0.4) is 0 Å². The van der Waals surface area contributed by atoms with Gasteiger partial charge in [0.1, 0.15) is 5.75 Å². The van der Waals surface area contributed by atoms with E-state index in [2.05, 4.69) is 0 Å². The normalized spacial score (nSPS) is 21.6. The Kier molecular flexibility index (Phi) is 6.01. The quantitative estimate of drug-likeness (QED) is 0.836. The molecule has 1 saturated heterocycles. The Balaban J connectivity index is 1.83. The highest BCUT2D eigenvalue weighted by Crippen LogP contribution is 2.18. The number of hydrogen-bond donors (Lipinski definition) is 1. The molecule has 0 saturated carbocycles. The third-order valence-electron chi connectivity index (χ3n) is 3.38. The maximum Gasteiger partial charge on any atom is 0.119 e. The van der Waals surface area contributed by atoms with Gasteiger partial charge in [0.2, 0.25) is 0 Å². The summed E-state index contributed by atoms with van der Waals surface area (Å²) in [5, 5.41) is 0. The fourth-order valence-corrected chi connectivity index (χ4v) is 3.73. The first-order chi connectivity index (χ1) is 9.69. The summed E-state index contributed by atoms with van der Waals surface area (Å²) in [6.07, 6.45) is 2.25. The molecular formula is C15H23NO3S. The maximum atomic E-state index is 12.1. The minimum Gasteiger partial charge on any atom is -0.494 e. The molecule has 0 bridgehead atoms. The number of hydrogen-bond acceptors (Lipinski definition) is 4. The van der Waals surface area contributed by atoms with Crippen molar-refractivity contribution in [3.8, 4) is 5.75 Å². The minimum atomic E-state index is -0.930. The van der Waals surface area contributed by atoms with Gasteiger partial charge < -0.3 is 15.2 Å². The molecule has 0 amide bonds. The number of nitrogens with two attached hydrogens (primary N) is 1. The van der Waals surface area contributed by atoms with Gasteiger partial charge in [0, 0.05) is 35.0 Å². The third kappa shape index (κ3) is 4.58. The van der Waals surface area contributed by atoms with Gasteiger partial charge in [-0.05, 0) is 37.5 Å². The highest BCUT2D eigenvalue weighted by molar-refractivity contribution is 7.85. The Bertz CT molecular complexity index is 429. The molecule has 5 heteroatoms. The maximum absolute atomic E-state index is 12.1. The molecule has 3 unspecified atom stereocenters. The lowest BCUT2D eigenvalue weighted by Crippen LogP contribution is -2.24. The molecule has 1 aromatic carbocycles. The van der Waals surface area contributed by atoms with Crippen LogP contribution in [0.15, 0.2) is 24.3 Å². The van der Waals surface area contributed by atoms with Crippen molar-refractivity contribution >= 4 is 10.8 Å². The zero-order chi connectivity index (χ0) is 14.4. The average Bonchev–Trinajstić information content (AvgIpc) is 2.92. The Morgan fingerprint density at radius 2 is 2.20 bits per heavy atom. The van der Waals surface area contributed by atoms with Gasteiger partial charge in [0.15, 0.2) is 0 Å². The molecule has 1 aliphatic rings. The lowest BCUT2D eigenvalue weighted by Gasteiger charge is -2.14. The van der Waals surface area contributed by atoms with Crippen LogP contribution in [-0.2, 0) is 15.5 Å². The fraction of sp³-hybridized carbons (Fsp3) is 0.600. The molecule has 2 rings (SSSR count). The molecule has 3 atom stereocenters. The molecule has 112 valence electrons. The summed E-state index contributed by atoms with van der Waals surface area (Å²) in [5.41, 5.74) is 7.11. The van der Waals surface area contributed by atoms with Gasteiger partial charge in [-0.2, -0.15) is 0 Å². The van der Waals surface area contributed by atoms with Crippen LogP contribution in [0.2, 0.25) is 0 Å². The number of rotatable bonds is 7. The van der Waals surface area contributed by atoms with Gasteiger partial charge in [-0.3, -0.25) is 4.21 Å². The summed E-state index contributed by atoms with van der Waals surface area (Å²) in [4.78, 5) is 0. The van der Waals surface area contributed by atoms with Gasteiger partial charge in [-0.25, -0.2) is 0 Å². The average molecular weight is 297 g/mol. The van der Waals surface area contributed by atoms with E-state index >= 15 is 0 Å². The fourth-order valence-electron chi connectivity index (χ4n) is 2.33. The number of benzene rings is 1. The minimum absolute atomic E-state index is 0.156. The van der Waals surface area contributed by atoms with E-state index < -0.39 is 10.8 Å². The van der Waals surface area contributed by atoms with Crippen molar-refractivity contribution in [1.82, 2.24) is 0 Å². The monoisotopic (exact) mass is 297 g/mol. The molecular weight excluding hydrogens is 274 g/mol. The second-order valence-corrected chi connectivity index (χ2v) is 6.56. The van der Waals surface area contributed by atoms with Gasteiger partial charge in [0.25, 0.3) is 0 Å². The summed E-state index contributed by atoms with van der Waals surface area (Å²) >= 11 is 0. The van der Waals surface area contributed by atoms with Crippen LogP contribution in [0.25, 0.3) is 0 Å². The Labute approximate surface area is 123 Å². The van der Waals surface area contributed by atoms with Gasteiger partial charge >= 0.3 is 0 Å². The van der Waals surface area contributed by atoms with Crippen LogP contribution in [-0.4, -0.2) is 35.0 Å². The zero-order valence-electron chi connectivity index (χ0n) is 11.9.